The van der Waals surface area contributed by atoms with Crippen molar-refractivity contribution in [3.63, 3.8) is 0 Å². The normalized spacial score (nSPS) is 10.3. The quantitative estimate of drug-likeness (QED) is 0.562. The molecule has 0 fully saturated rings. The summed E-state index contributed by atoms with van der Waals surface area (Å²) in [6, 6.07) is 8.03. The molecule has 0 unspecified atom stereocenters. The van der Waals surface area contributed by atoms with Crippen LogP contribution in [0.2, 0.25) is 0 Å². The molecule has 10 heteroatoms. The summed E-state index contributed by atoms with van der Waals surface area (Å²) in [6.45, 7) is 1.41. The lowest BCUT2D eigenvalue weighted by molar-refractivity contribution is -0.114. The van der Waals surface area contributed by atoms with Crippen LogP contribution in [0.5, 0.6) is 17.2 Å². The van der Waals surface area contributed by atoms with Crippen molar-refractivity contribution in [1.29, 1.82) is 0 Å². The van der Waals surface area contributed by atoms with Gasteiger partial charge >= 0.3 is 6.03 Å². The van der Waals surface area contributed by atoms with Gasteiger partial charge in [-0.1, -0.05) is 11.3 Å². The Bertz CT molecular complexity index is 1070. The lowest BCUT2D eigenvalue weighted by atomic mass is 10.2. The number of fused-ring (bicyclic) bond motifs is 1. The van der Waals surface area contributed by atoms with E-state index in [1.165, 1.54) is 32.5 Å². The molecule has 0 saturated heterocycles. The van der Waals surface area contributed by atoms with Crippen LogP contribution >= 0.6 is 11.3 Å². The van der Waals surface area contributed by atoms with Gasteiger partial charge in [0.1, 0.15) is 22.8 Å². The number of nitrogens with zero attached hydrogens (tertiary/aromatic N) is 1. The Labute approximate surface area is 171 Å². The fourth-order valence-electron chi connectivity index (χ4n) is 2.62. The molecule has 0 saturated carbocycles. The molecule has 1 aromatic heterocycles. The summed E-state index contributed by atoms with van der Waals surface area (Å²) >= 11 is 1.28. The number of thiazole rings is 1. The van der Waals surface area contributed by atoms with Crippen molar-refractivity contribution in [2.75, 3.05) is 37.3 Å². The van der Waals surface area contributed by atoms with E-state index in [0.717, 1.165) is 4.70 Å². The summed E-state index contributed by atoms with van der Waals surface area (Å²) < 4.78 is 16.6. The number of nitrogens with one attached hydrogen (secondary N) is 3. The lowest BCUT2D eigenvalue weighted by Crippen LogP contribution is -2.19. The average Bonchev–Trinajstić information content (AvgIpc) is 3.08. The SMILES string of the molecule is COc1ccc(NC(=O)Nc2cc(OC)c3nc(NC(C)=O)sc3c2)c(OC)c1. The second-order valence-corrected chi connectivity index (χ2v) is 6.90. The van der Waals surface area contributed by atoms with Crippen LogP contribution in [0.4, 0.5) is 21.3 Å². The van der Waals surface area contributed by atoms with Crippen LogP contribution in [-0.2, 0) is 4.79 Å². The molecule has 3 aromatic rings. The molecule has 0 radical (unpaired) electrons. The number of amides is 3. The largest absolute Gasteiger partial charge is 0.497 e. The zero-order chi connectivity index (χ0) is 21.0. The van der Waals surface area contributed by atoms with Gasteiger partial charge in [0.15, 0.2) is 5.13 Å². The first kappa shape index (κ1) is 20.2. The molecule has 152 valence electrons. The summed E-state index contributed by atoms with van der Waals surface area (Å²) in [5.41, 5.74) is 1.60. The Hall–Kier alpha value is -3.53. The maximum Gasteiger partial charge on any atom is 0.323 e. The van der Waals surface area contributed by atoms with E-state index in [1.807, 2.05) is 0 Å². The maximum atomic E-state index is 12.5. The third-order valence-electron chi connectivity index (χ3n) is 3.88. The molecular weight excluding hydrogens is 396 g/mol. The predicted octanol–water partition coefficient (Wildman–Crippen LogP) is 3.92. The van der Waals surface area contributed by atoms with Crippen molar-refractivity contribution in [3.05, 3.63) is 30.3 Å². The number of rotatable bonds is 6. The summed E-state index contributed by atoms with van der Waals surface area (Å²) in [7, 11) is 4.57. The molecule has 0 aliphatic carbocycles. The van der Waals surface area contributed by atoms with E-state index >= 15 is 0 Å². The van der Waals surface area contributed by atoms with E-state index in [9.17, 15) is 9.59 Å². The van der Waals surface area contributed by atoms with Crippen molar-refractivity contribution in [2.45, 2.75) is 6.92 Å². The number of carbonyl (C=O) groups is 2. The number of anilines is 3. The summed E-state index contributed by atoms with van der Waals surface area (Å²) in [6.07, 6.45) is 0. The summed E-state index contributed by atoms with van der Waals surface area (Å²) in [4.78, 5) is 28.1. The number of hydrogen-bond donors (Lipinski definition) is 3. The number of carbonyl (C=O) groups excluding carboxylic acids is 2. The number of hydrogen-bond acceptors (Lipinski definition) is 7. The van der Waals surface area contributed by atoms with Crippen molar-refractivity contribution < 1.29 is 23.8 Å². The van der Waals surface area contributed by atoms with E-state index in [-0.39, 0.29) is 5.91 Å². The standard InChI is InChI=1S/C19H20N4O5S/c1-10(24)20-19-23-17-15(28-4)7-11(8-16(17)29-19)21-18(25)22-13-6-5-12(26-2)9-14(13)27-3/h5-9H,1-4H3,(H,20,23,24)(H2,21,22,25). The van der Waals surface area contributed by atoms with Gasteiger partial charge in [-0.3, -0.25) is 4.79 Å². The first-order chi connectivity index (χ1) is 13.9. The molecule has 3 N–H and O–H groups in total. The first-order valence-corrected chi connectivity index (χ1v) is 9.31. The fraction of sp³-hybridized carbons (Fsp3) is 0.211. The van der Waals surface area contributed by atoms with Crippen molar-refractivity contribution >= 4 is 50.0 Å². The van der Waals surface area contributed by atoms with E-state index in [1.54, 1.807) is 37.4 Å². The highest BCUT2D eigenvalue weighted by molar-refractivity contribution is 7.22. The molecule has 1 heterocycles. The van der Waals surface area contributed by atoms with Gasteiger partial charge in [-0.2, -0.15) is 0 Å². The van der Waals surface area contributed by atoms with Crippen LogP contribution in [-0.4, -0.2) is 38.3 Å². The highest BCUT2D eigenvalue weighted by Gasteiger charge is 2.14. The van der Waals surface area contributed by atoms with E-state index < -0.39 is 6.03 Å². The van der Waals surface area contributed by atoms with Gasteiger partial charge in [0.25, 0.3) is 0 Å². The Morgan fingerprint density at radius 2 is 1.69 bits per heavy atom. The number of benzene rings is 2. The van der Waals surface area contributed by atoms with Crippen LogP contribution in [0.3, 0.4) is 0 Å². The lowest BCUT2D eigenvalue weighted by Gasteiger charge is -2.13. The molecule has 2 aromatic carbocycles. The molecule has 3 rings (SSSR count). The minimum absolute atomic E-state index is 0.214. The van der Waals surface area contributed by atoms with Crippen LogP contribution < -0.4 is 30.2 Å². The van der Waals surface area contributed by atoms with Crippen molar-refractivity contribution in [2.24, 2.45) is 0 Å². The Morgan fingerprint density at radius 3 is 2.34 bits per heavy atom. The Balaban J connectivity index is 1.82. The van der Waals surface area contributed by atoms with E-state index in [2.05, 4.69) is 20.9 Å². The van der Waals surface area contributed by atoms with Crippen LogP contribution in [0, 0.1) is 0 Å². The Kier molecular flexibility index (Phi) is 6.03. The highest BCUT2D eigenvalue weighted by Crippen LogP contribution is 2.35. The van der Waals surface area contributed by atoms with Crippen LogP contribution in [0.25, 0.3) is 10.2 Å². The average molecular weight is 416 g/mol. The summed E-state index contributed by atoms with van der Waals surface area (Å²) in [5.74, 6) is 1.35. The van der Waals surface area contributed by atoms with Gasteiger partial charge in [0, 0.05) is 24.7 Å². The van der Waals surface area contributed by atoms with Crippen molar-refractivity contribution in [1.82, 2.24) is 4.98 Å². The highest BCUT2D eigenvalue weighted by atomic mass is 32.1. The molecule has 0 spiro atoms. The minimum Gasteiger partial charge on any atom is -0.497 e. The molecule has 0 aliphatic rings. The smallest absolute Gasteiger partial charge is 0.323 e. The van der Waals surface area contributed by atoms with Gasteiger partial charge in [0.2, 0.25) is 5.91 Å². The third-order valence-corrected chi connectivity index (χ3v) is 4.80. The van der Waals surface area contributed by atoms with Gasteiger partial charge in [-0.25, -0.2) is 9.78 Å². The molecule has 0 bridgehead atoms. The Morgan fingerprint density at radius 1 is 0.931 bits per heavy atom. The van der Waals surface area contributed by atoms with Crippen LogP contribution in [0.1, 0.15) is 6.92 Å². The molecule has 0 aliphatic heterocycles. The third kappa shape index (κ3) is 4.66. The fourth-order valence-corrected chi connectivity index (χ4v) is 3.59. The molecular formula is C19H20N4O5S. The minimum atomic E-state index is -0.457. The maximum absolute atomic E-state index is 12.5. The molecule has 0 atom stereocenters. The second-order valence-electron chi connectivity index (χ2n) is 5.87. The summed E-state index contributed by atoms with van der Waals surface area (Å²) in [5, 5.41) is 8.60. The van der Waals surface area contributed by atoms with Gasteiger partial charge in [0.05, 0.1) is 31.7 Å². The topological polar surface area (TPSA) is 111 Å². The number of methoxy groups -OCH3 is 3. The number of aromatic nitrogens is 1. The molecule has 3 amide bonds. The molecule has 9 nitrogen and oxygen atoms in total. The number of urea groups is 1. The van der Waals surface area contributed by atoms with Gasteiger partial charge in [-0.15, -0.1) is 0 Å². The zero-order valence-electron chi connectivity index (χ0n) is 16.3. The number of ether oxygens (including phenoxy) is 3. The first-order valence-electron chi connectivity index (χ1n) is 8.49. The predicted molar refractivity (Wildman–Crippen MR) is 113 cm³/mol. The second kappa shape index (κ2) is 8.65. The van der Waals surface area contributed by atoms with Crippen LogP contribution in [0.15, 0.2) is 30.3 Å². The molecule has 29 heavy (non-hydrogen) atoms. The zero-order valence-corrected chi connectivity index (χ0v) is 17.1. The van der Waals surface area contributed by atoms with E-state index in [0.29, 0.717) is 39.3 Å². The monoisotopic (exact) mass is 416 g/mol. The van der Waals surface area contributed by atoms with Crippen molar-refractivity contribution in [3.8, 4) is 17.2 Å². The van der Waals surface area contributed by atoms with E-state index in [4.69, 9.17) is 14.2 Å². The van der Waals surface area contributed by atoms with Gasteiger partial charge < -0.3 is 30.2 Å². The van der Waals surface area contributed by atoms with Gasteiger partial charge in [-0.05, 0) is 18.2 Å².